The van der Waals surface area contributed by atoms with Crippen molar-refractivity contribution in [2.24, 2.45) is 0 Å². The van der Waals surface area contributed by atoms with E-state index in [2.05, 4.69) is 48.6 Å². The van der Waals surface area contributed by atoms with E-state index in [9.17, 15) is 0 Å². The minimum atomic E-state index is 0.338. The topological polar surface area (TPSA) is 21.3 Å². The van der Waals surface area contributed by atoms with Gasteiger partial charge in [-0.15, -0.1) is 11.8 Å². The fourth-order valence-electron chi connectivity index (χ4n) is 2.20. The Labute approximate surface area is 131 Å². The van der Waals surface area contributed by atoms with Crippen LogP contribution in [-0.2, 0) is 0 Å². The molecule has 0 saturated carbocycles. The number of rotatable bonds is 7. The maximum absolute atomic E-state index is 5.49. The lowest BCUT2D eigenvalue weighted by molar-refractivity contribution is 0.340. The van der Waals surface area contributed by atoms with Crippen LogP contribution in [0.3, 0.4) is 0 Å². The molecule has 0 bridgehead atoms. The fraction of sp³-hybridized carbons (Fsp3) is 0.333. The van der Waals surface area contributed by atoms with Gasteiger partial charge in [0, 0.05) is 16.7 Å². The van der Waals surface area contributed by atoms with E-state index < -0.39 is 0 Å². The van der Waals surface area contributed by atoms with Gasteiger partial charge in [0.05, 0.1) is 6.61 Å². The van der Waals surface area contributed by atoms with Crippen molar-refractivity contribution >= 4 is 11.8 Å². The van der Waals surface area contributed by atoms with Crippen LogP contribution in [0.1, 0.15) is 24.1 Å². The van der Waals surface area contributed by atoms with Crippen molar-refractivity contribution in [1.82, 2.24) is 5.32 Å². The Balaban J connectivity index is 2.01. The molecule has 0 aliphatic heterocycles. The van der Waals surface area contributed by atoms with Crippen LogP contribution < -0.4 is 10.1 Å². The first-order valence-corrected chi connectivity index (χ1v) is 8.31. The van der Waals surface area contributed by atoms with E-state index in [4.69, 9.17) is 4.74 Å². The Kier molecular flexibility index (Phi) is 6.15. The van der Waals surface area contributed by atoms with Crippen molar-refractivity contribution < 1.29 is 4.74 Å². The van der Waals surface area contributed by atoms with Crippen LogP contribution in [0.5, 0.6) is 5.75 Å². The molecule has 21 heavy (non-hydrogen) atoms. The zero-order valence-corrected chi connectivity index (χ0v) is 13.7. The van der Waals surface area contributed by atoms with Gasteiger partial charge in [0.1, 0.15) is 5.75 Å². The van der Waals surface area contributed by atoms with Crippen molar-refractivity contribution in [1.29, 1.82) is 0 Å². The second-order valence-electron chi connectivity index (χ2n) is 4.92. The predicted octanol–water partition coefficient (Wildman–Crippen LogP) is 4.45. The van der Waals surface area contributed by atoms with E-state index in [1.165, 1.54) is 16.0 Å². The summed E-state index contributed by atoms with van der Waals surface area (Å²) >= 11 is 1.90. The number of thioether (sulfide) groups is 1. The van der Waals surface area contributed by atoms with Gasteiger partial charge in [-0.05, 0) is 50.2 Å². The lowest BCUT2D eigenvalue weighted by Gasteiger charge is -2.17. The normalized spacial score (nSPS) is 12.1. The molecule has 3 heteroatoms. The zero-order chi connectivity index (χ0) is 15.1. The quantitative estimate of drug-likeness (QED) is 0.764. The van der Waals surface area contributed by atoms with E-state index in [-0.39, 0.29) is 0 Å². The van der Waals surface area contributed by atoms with Crippen LogP contribution in [0.25, 0.3) is 0 Å². The SMILES string of the molecule is CCOc1ccc(C(CSc2ccccc2C)NC)cc1. The highest BCUT2D eigenvalue weighted by atomic mass is 32.2. The molecule has 0 radical (unpaired) electrons. The number of nitrogens with one attached hydrogen (secondary N) is 1. The average molecular weight is 301 g/mol. The summed E-state index contributed by atoms with van der Waals surface area (Å²) in [4.78, 5) is 1.35. The van der Waals surface area contributed by atoms with Gasteiger partial charge in [0.15, 0.2) is 0 Å². The smallest absolute Gasteiger partial charge is 0.119 e. The van der Waals surface area contributed by atoms with Gasteiger partial charge < -0.3 is 10.1 Å². The number of hydrogen-bond acceptors (Lipinski definition) is 3. The van der Waals surface area contributed by atoms with E-state index >= 15 is 0 Å². The van der Waals surface area contributed by atoms with Crippen molar-refractivity contribution in [3.63, 3.8) is 0 Å². The van der Waals surface area contributed by atoms with Gasteiger partial charge in [-0.25, -0.2) is 0 Å². The second-order valence-corrected chi connectivity index (χ2v) is 5.98. The highest BCUT2D eigenvalue weighted by molar-refractivity contribution is 7.99. The molecule has 0 heterocycles. The summed E-state index contributed by atoms with van der Waals surface area (Å²) in [6.45, 7) is 4.87. The summed E-state index contributed by atoms with van der Waals surface area (Å²) in [6, 6.07) is 17.2. The van der Waals surface area contributed by atoms with Crippen LogP contribution in [0.4, 0.5) is 0 Å². The lowest BCUT2D eigenvalue weighted by Crippen LogP contribution is -2.18. The van der Waals surface area contributed by atoms with Gasteiger partial charge in [-0.2, -0.15) is 0 Å². The summed E-state index contributed by atoms with van der Waals surface area (Å²) in [7, 11) is 2.01. The number of benzene rings is 2. The van der Waals surface area contributed by atoms with Crippen LogP contribution in [-0.4, -0.2) is 19.4 Å². The van der Waals surface area contributed by atoms with Crippen molar-refractivity contribution in [2.75, 3.05) is 19.4 Å². The first-order chi connectivity index (χ1) is 10.2. The Morgan fingerprint density at radius 2 is 1.81 bits per heavy atom. The van der Waals surface area contributed by atoms with Gasteiger partial charge in [0.2, 0.25) is 0 Å². The van der Waals surface area contributed by atoms with Gasteiger partial charge >= 0.3 is 0 Å². The highest BCUT2D eigenvalue weighted by Crippen LogP contribution is 2.27. The summed E-state index contributed by atoms with van der Waals surface area (Å²) in [5.41, 5.74) is 2.63. The number of hydrogen-bond donors (Lipinski definition) is 1. The molecule has 0 amide bonds. The van der Waals surface area contributed by atoms with Crippen LogP contribution in [0.2, 0.25) is 0 Å². The molecule has 1 atom stereocenters. The first-order valence-electron chi connectivity index (χ1n) is 7.33. The summed E-state index contributed by atoms with van der Waals surface area (Å²) in [6.07, 6.45) is 0. The summed E-state index contributed by atoms with van der Waals surface area (Å²) < 4.78 is 5.49. The standard InChI is InChI=1S/C18H23NOS/c1-4-20-16-11-9-15(10-12-16)17(19-3)13-21-18-8-6-5-7-14(18)2/h5-12,17,19H,4,13H2,1-3H3. The monoisotopic (exact) mass is 301 g/mol. The molecule has 0 aliphatic rings. The Morgan fingerprint density at radius 1 is 1.10 bits per heavy atom. The van der Waals surface area contributed by atoms with E-state index in [0.29, 0.717) is 12.6 Å². The van der Waals surface area contributed by atoms with Crippen LogP contribution >= 0.6 is 11.8 Å². The van der Waals surface area contributed by atoms with E-state index in [1.54, 1.807) is 0 Å². The Bertz CT molecular complexity index is 553. The zero-order valence-electron chi connectivity index (χ0n) is 12.9. The van der Waals surface area contributed by atoms with Crippen LogP contribution in [0, 0.1) is 6.92 Å². The number of ether oxygens (including phenoxy) is 1. The number of aryl methyl sites for hydroxylation is 1. The van der Waals surface area contributed by atoms with Gasteiger partial charge in [-0.3, -0.25) is 0 Å². The molecule has 2 nitrogen and oxygen atoms in total. The fourth-order valence-corrected chi connectivity index (χ4v) is 3.38. The molecule has 2 aromatic rings. The second kappa shape index (κ2) is 8.11. The average Bonchev–Trinajstić information content (AvgIpc) is 2.51. The minimum Gasteiger partial charge on any atom is -0.494 e. The van der Waals surface area contributed by atoms with Crippen molar-refractivity contribution in [2.45, 2.75) is 24.8 Å². The Hall–Kier alpha value is -1.45. The minimum absolute atomic E-state index is 0.338. The van der Waals surface area contributed by atoms with Crippen molar-refractivity contribution in [3.05, 3.63) is 59.7 Å². The molecule has 0 aromatic heterocycles. The molecule has 112 valence electrons. The highest BCUT2D eigenvalue weighted by Gasteiger charge is 2.10. The molecular formula is C18H23NOS. The van der Waals surface area contributed by atoms with E-state index in [0.717, 1.165) is 11.5 Å². The molecule has 2 aromatic carbocycles. The molecule has 0 spiro atoms. The summed E-state index contributed by atoms with van der Waals surface area (Å²) in [5, 5.41) is 3.40. The van der Waals surface area contributed by atoms with Gasteiger partial charge in [-0.1, -0.05) is 30.3 Å². The molecule has 2 rings (SSSR count). The van der Waals surface area contributed by atoms with Gasteiger partial charge in [0.25, 0.3) is 0 Å². The lowest BCUT2D eigenvalue weighted by atomic mass is 10.1. The molecule has 1 N–H and O–H groups in total. The molecule has 1 unspecified atom stereocenters. The maximum Gasteiger partial charge on any atom is 0.119 e. The summed E-state index contributed by atoms with van der Waals surface area (Å²) in [5.74, 6) is 1.94. The first kappa shape index (κ1) is 15.9. The maximum atomic E-state index is 5.49. The van der Waals surface area contributed by atoms with Crippen LogP contribution in [0.15, 0.2) is 53.4 Å². The molecule has 0 aliphatic carbocycles. The Morgan fingerprint density at radius 3 is 2.43 bits per heavy atom. The van der Waals surface area contributed by atoms with E-state index in [1.807, 2.05) is 37.9 Å². The third-order valence-electron chi connectivity index (χ3n) is 3.44. The van der Waals surface area contributed by atoms with Crippen molar-refractivity contribution in [3.8, 4) is 5.75 Å². The third kappa shape index (κ3) is 4.51. The largest absolute Gasteiger partial charge is 0.494 e. The third-order valence-corrected chi connectivity index (χ3v) is 4.71. The molecule has 0 fully saturated rings. The predicted molar refractivity (Wildman–Crippen MR) is 91.3 cm³/mol. The molecular weight excluding hydrogens is 278 g/mol. The molecule has 0 saturated heterocycles.